The topological polar surface area (TPSA) is 90.9 Å². The number of carbonyl (C=O) groups excluding carboxylic acids is 3. The number of amides is 1. The summed E-state index contributed by atoms with van der Waals surface area (Å²) in [4.78, 5) is 36.1. The number of rotatable bonds is 5. The predicted octanol–water partition coefficient (Wildman–Crippen LogP) is 3.17. The van der Waals surface area contributed by atoms with Crippen LogP contribution in [-0.2, 0) is 9.47 Å². The van der Waals surface area contributed by atoms with Crippen molar-refractivity contribution >= 4 is 35.1 Å². The van der Waals surface area contributed by atoms with Crippen molar-refractivity contribution in [2.24, 2.45) is 0 Å². The highest BCUT2D eigenvalue weighted by Crippen LogP contribution is 2.26. The fraction of sp³-hybridized carbons (Fsp3) is 0.167. The molecule has 136 valence electrons. The third kappa shape index (κ3) is 4.12. The van der Waals surface area contributed by atoms with Crippen molar-refractivity contribution in [2.75, 3.05) is 26.6 Å². The van der Waals surface area contributed by atoms with Gasteiger partial charge < -0.3 is 19.5 Å². The van der Waals surface area contributed by atoms with Crippen LogP contribution >= 0.6 is 11.6 Å². The van der Waals surface area contributed by atoms with Crippen molar-refractivity contribution in [1.29, 1.82) is 0 Å². The Morgan fingerprint density at radius 1 is 0.885 bits per heavy atom. The molecule has 0 aromatic heterocycles. The van der Waals surface area contributed by atoms with Gasteiger partial charge in [-0.25, -0.2) is 9.59 Å². The molecule has 0 aliphatic carbocycles. The highest BCUT2D eigenvalue weighted by Gasteiger charge is 2.18. The number of nitrogens with one attached hydrogen (secondary N) is 1. The summed E-state index contributed by atoms with van der Waals surface area (Å²) in [7, 11) is 3.90. The molecule has 0 aliphatic rings. The largest absolute Gasteiger partial charge is 0.495 e. The second-order valence-electron chi connectivity index (χ2n) is 5.05. The lowest BCUT2D eigenvalue weighted by Gasteiger charge is -2.12. The molecule has 2 rings (SSSR count). The maximum atomic E-state index is 12.5. The van der Waals surface area contributed by atoms with E-state index in [1.165, 1.54) is 51.7 Å². The van der Waals surface area contributed by atoms with E-state index in [-0.39, 0.29) is 27.4 Å². The fourth-order valence-electron chi connectivity index (χ4n) is 2.18. The summed E-state index contributed by atoms with van der Waals surface area (Å²) in [6.07, 6.45) is 0. The van der Waals surface area contributed by atoms with Crippen LogP contribution in [0.25, 0.3) is 0 Å². The van der Waals surface area contributed by atoms with E-state index in [2.05, 4.69) is 10.1 Å². The number of ether oxygens (including phenoxy) is 3. The first-order valence-electron chi connectivity index (χ1n) is 7.36. The smallest absolute Gasteiger partial charge is 0.339 e. The van der Waals surface area contributed by atoms with E-state index < -0.39 is 17.8 Å². The van der Waals surface area contributed by atoms with Gasteiger partial charge in [-0.15, -0.1) is 0 Å². The van der Waals surface area contributed by atoms with Crippen molar-refractivity contribution in [2.45, 2.75) is 0 Å². The Morgan fingerprint density at radius 3 is 2.12 bits per heavy atom. The van der Waals surface area contributed by atoms with Gasteiger partial charge in [0.2, 0.25) is 0 Å². The summed E-state index contributed by atoms with van der Waals surface area (Å²) in [6.45, 7) is 0. The zero-order chi connectivity index (χ0) is 19.3. The van der Waals surface area contributed by atoms with E-state index in [9.17, 15) is 14.4 Å². The lowest BCUT2D eigenvalue weighted by Crippen LogP contribution is -2.16. The van der Waals surface area contributed by atoms with Crippen LogP contribution in [0.5, 0.6) is 5.75 Å². The lowest BCUT2D eigenvalue weighted by atomic mass is 10.1. The van der Waals surface area contributed by atoms with E-state index in [1.54, 1.807) is 6.07 Å². The number of halogens is 1. The molecule has 1 N–H and O–H groups in total. The minimum Gasteiger partial charge on any atom is -0.495 e. The van der Waals surface area contributed by atoms with Crippen molar-refractivity contribution in [3.8, 4) is 5.75 Å². The van der Waals surface area contributed by atoms with Crippen LogP contribution in [0.15, 0.2) is 36.4 Å². The standard InChI is InChI=1S/C18H16ClNO6/c1-24-15-7-5-10(8-13(15)19)16(21)20-14-9-11(17(22)25-2)4-6-12(14)18(23)26-3/h4-9H,1-3H3,(H,20,21). The van der Waals surface area contributed by atoms with E-state index in [0.29, 0.717) is 5.75 Å². The highest BCUT2D eigenvalue weighted by atomic mass is 35.5. The molecule has 0 atom stereocenters. The first kappa shape index (κ1) is 19.3. The molecule has 0 unspecified atom stereocenters. The second-order valence-corrected chi connectivity index (χ2v) is 5.45. The summed E-state index contributed by atoms with van der Waals surface area (Å²) < 4.78 is 14.4. The Balaban J connectivity index is 2.39. The molecule has 0 bridgehead atoms. The Kier molecular flexibility index (Phi) is 6.19. The Morgan fingerprint density at radius 2 is 1.54 bits per heavy atom. The van der Waals surface area contributed by atoms with E-state index >= 15 is 0 Å². The highest BCUT2D eigenvalue weighted by molar-refractivity contribution is 6.32. The van der Waals surface area contributed by atoms with Gasteiger partial charge in [0, 0.05) is 5.56 Å². The summed E-state index contributed by atoms with van der Waals surface area (Å²) in [5.74, 6) is -1.37. The molecule has 0 radical (unpaired) electrons. The Labute approximate surface area is 154 Å². The summed E-state index contributed by atoms with van der Waals surface area (Å²) in [5.41, 5.74) is 0.614. The summed E-state index contributed by atoms with van der Waals surface area (Å²) in [6, 6.07) is 8.59. The molecule has 26 heavy (non-hydrogen) atoms. The van der Waals surface area contributed by atoms with Crippen LogP contribution in [-0.4, -0.2) is 39.2 Å². The van der Waals surface area contributed by atoms with Crippen LogP contribution in [0, 0.1) is 0 Å². The summed E-state index contributed by atoms with van der Waals surface area (Å²) >= 11 is 6.03. The minimum absolute atomic E-state index is 0.0908. The SMILES string of the molecule is COC(=O)c1ccc(C(=O)OC)c(NC(=O)c2ccc(OC)c(Cl)c2)c1. The molecule has 0 aliphatic heterocycles. The average Bonchev–Trinajstić information content (AvgIpc) is 2.66. The monoisotopic (exact) mass is 377 g/mol. The number of methoxy groups -OCH3 is 3. The number of hydrogen-bond acceptors (Lipinski definition) is 6. The van der Waals surface area contributed by atoms with Gasteiger partial charge in [-0.3, -0.25) is 4.79 Å². The number of hydrogen-bond donors (Lipinski definition) is 1. The lowest BCUT2D eigenvalue weighted by molar-refractivity contribution is 0.0587. The van der Waals surface area contributed by atoms with E-state index in [4.69, 9.17) is 21.1 Å². The molecule has 7 nitrogen and oxygen atoms in total. The Hall–Kier alpha value is -3.06. The zero-order valence-corrected chi connectivity index (χ0v) is 15.0. The van der Waals surface area contributed by atoms with Crippen LogP contribution in [0.3, 0.4) is 0 Å². The van der Waals surface area contributed by atoms with Gasteiger partial charge in [0.05, 0.1) is 43.2 Å². The van der Waals surface area contributed by atoms with Gasteiger partial charge >= 0.3 is 11.9 Å². The summed E-state index contributed by atoms with van der Waals surface area (Å²) in [5, 5.41) is 2.84. The maximum Gasteiger partial charge on any atom is 0.339 e. The second kappa shape index (κ2) is 8.35. The van der Waals surface area contributed by atoms with E-state index in [1.807, 2.05) is 0 Å². The average molecular weight is 378 g/mol. The van der Waals surface area contributed by atoms with Gasteiger partial charge in [-0.2, -0.15) is 0 Å². The van der Waals surface area contributed by atoms with Gasteiger partial charge in [-0.1, -0.05) is 11.6 Å². The number of carbonyl (C=O) groups is 3. The van der Waals surface area contributed by atoms with Crippen LogP contribution in [0.2, 0.25) is 5.02 Å². The normalized spacial score (nSPS) is 10.0. The molecule has 0 fully saturated rings. The van der Waals surface area contributed by atoms with Crippen molar-refractivity contribution in [3.63, 3.8) is 0 Å². The molecule has 0 heterocycles. The molecule has 0 saturated heterocycles. The number of esters is 2. The maximum absolute atomic E-state index is 12.5. The first-order valence-corrected chi connectivity index (χ1v) is 7.74. The third-order valence-corrected chi connectivity index (χ3v) is 3.80. The van der Waals surface area contributed by atoms with Gasteiger partial charge in [0.1, 0.15) is 5.75 Å². The molecular weight excluding hydrogens is 362 g/mol. The number of anilines is 1. The molecule has 0 spiro atoms. The minimum atomic E-state index is -0.663. The van der Waals surface area contributed by atoms with Gasteiger partial charge in [0.25, 0.3) is 5.91 Å². The third-order valence-electron chi connectivity index (χ3n) is 3.51. The first-order chi connectivity index (χ1) is 12.4. The van der Waals surface area contributed by atoms with Crippen LogP contribution in [0.1, 0.15) is 31.1 Å². The molecular formula is C18H16ClNO6. The molecule has 1 amide bonds. The van der Waals surface area contributed by atoms with Gasteiger partial charge in [0.15, 0.2) is 0 Å². The Bertz CT molecular complexity index is 865. The quantitative estimate of drug-likeness (QED) is 0.805. The zero-order valence-electron chi connectivity index (χ0n) is 14.3. The van der Waals surface area contributed by atoms with Crippen molar-refractivity contribution in [3.05, 3.63) is 58.1 Å². The van der Waals surface area contributed by atoms with E-state index in [0.717, 1.165) is 0 Å². The van der Waals surface area contributed by atoms with Crippen LogP contribution < -0.4 is 10.1 Å². The molecule has 8 heteroatoms. The molecule has 2 aromatic rings. The predicted molar refractivity (Wildman–Crippen MR) is 95.1 cm³/mol. The van der Waals surface area contributed by atoms with Crippen LogP contribution in [0.4, 0.5) is 5.69 Å². The number of benzene rings is 2. The fourth-order valence-corrected chi connectivity index (χ4v) is 2.44. The van der Waals surface area contributed by atoms with Crippen molar-refractivity contribution < 1.29 is 28.6 Å². The van der Waals surface area contributed by atoms with Crippen molar-refractivity contribution in [1.82, 2.24) is 0 Å². The molecule has 2 aromatic carbocycles. The molecule has 0 saturated carbocycles. The van der Waals surface area contributed by atoms with Gasteiger partial charge in [-0.05, 0) is 36.4 Å².